The van der Waals surface area contributed by atoms with Crippen LogP contribution in [0.15, 0.2) is 30.5 Å². The van der Waals surface area contributed by atoms with E-state index in [0.29, 0.717) is 12.0 Å². The van der Waals surface area contributed by atoms with Gasteiger partial charge >= 0.3 is 0 Å². The third-order valence-electron chi connectivity index (χ3n) is 3.85. The van der Waals surface area contributed by atoms with Crippen LogP contribution in [0.4, 0.5) is 11.4 Å². The van der Waals surface area contributed by atoms with E-state index in [-0.39, 0.29) is 0 Å². The molecule has 0 bridgehead atoms. The summed E-state index contributed by atoms with van der Waals surface area (Å²) in [7, 11) is 0. The molecule has 4 heteroatoms. The van der Waals surface area contributed by atoms with Crippen LogP contribution in [0.25, 0.3) is 10.9 Å². The molecule has 0 amide bonds. The fourth-order valence-corrected chi connectivity index (χ4v) is 2.60. The maximum Gasteiger partial charge on any atom is 0.0743 e. The van der Waals surface area contributed by atoms with E-state index in [1.807, 2.05) is 30.5 Å². The number of nitrogens with zero attached hydrogens (tertiary/aromatic N) is 1. The quantitative estimate of drug-likeness (QED) is 0.830. The summed E-state index contributed by atoms with van der Waals surface area (Å²) in [4.78, 5) is 4.35. The molecule has 1 fully saturated rings. The third-order valence-corrected chi connectivity index (χ3v) is 3.85. The van der Waals surface area contributed by atoms with Gasteiger partial charge in [0.1, 0.15) is 0 Å². The topological polar surface area (TPSA) is 60.2 Å². The van der Waals surface area contributed by atoms with Crippen LogP contribution < -0.4 is 11.1 Å². The Morgan fingerprint density at radius 3 is 3.11 bits per heavy atom. The number of nitrogens with two attached hydrogens (primary N) is 1. The molecule has 1 aromatic carbocycles. The van der Waals surface area contributed by atoms with Crippen molar-refractivity contribution < 1.29 is 4.74 Å². The summed E-state index contributed by atoms with van der Waals surface area (Å²) in [6, 6.07) is 7.85. The highest BCUT2D eigenvalue weighted by molar-refractivity contribution is 5.92. The van der Waals surface area contributed by atoms with Gasteiger partial charge < -0.3 is 15.8 Å². The summed E-state index contributed by atoms with van der Waals surface area (Å²) in [5.41, 5.74) is 8.58. The molecule has 100 valence electrons. The largest absolute Gasteiger partial charge is 0.399 e. The number of nitrogen functional groups attached to an aromatic ring is 1. The number of hydrogen-bond donors (Lipinski definition) is 2. The summed E-state index contributed by atoms with van der Waals surface area (Å²) in [5, 5.41) is 4.63. The van der Waals surface area contributed by atoms with E-state index in [1.165, 1.54) is 0 Å². The molecular formula is C15H19N3O. The molecule has 2 heterocycles. The van der Waals surface area contributed by atoms with Gasteiger partial charge in [-0.1, -0.05) is 0 Å². The second-order valence-electron chi connectivity index (χ2n) is 5.14. The molecule has 0 saturated carbocycles. The van der Waals surface area contributed by atoms with Crippen LogP contribution in [0.5, 0.6) is 0 Å². The van der Waals surface area contributed by atoms with Crippen molar-refractivity contribution in [2.75, 3.05) is 24.2 Å². The molecule has 0 radical (unpaired) electrons. The van der Waals surface area contributed by atoms with Crippen molar-refractivity contribution in [2.24, 2.45) is 5.92 Å². The van der Waals surface area contributed by atoms with Crippen molar-refractivity contribution in [3.8, 4) is 0 Å². The molecule has 0 spiro atoms. The lowest BCUT2D eigenvalue weighted by atomic mass is 10.0. The second-order valence-corrected chi connectivity index (χ2v) is 5.14. The van der Waals surface area contributed by atoms with Crippen LogP contribution >= 0.6 is 0 Å². The molecule has 1 aromatic heterocycles. The smallest absolute Gasteiger partial charge is 0.0743 e. The normalized spacial score (nSPS) is 22.8. The van der Waals surface area contributed by atoms with Crippen LogP contribution in [0, 0.1) is 5.92 Å². The Labute approximate surface area is 113 Å². The fraction of sp³-hybridized carbons (Fsp3) is 0.400. The van der Waals surface area contributed by atoms with Crippen molar-refractivity contribution in [1.82, 2.24) is 4.98 Å². The first-order valence-electron chi connectivity index (χ1n) is 6.74. The number of aromatic nitrogens is 1. The van der Waals surface area contributed by atoms with Gasteiger partial charge in [-0.3, -0.25) is 4.98 Å². The molecule has 2 atom stereocenters. The molecule has 2 unspecified atom stereocenters. The Bertz CT molecular complexity index is 585. The van der Waals surface area contributed by atoms with Gasteiger partial charge in [-0.05, 0) is 37.6 Å². The predicted molar refractivity (Wildman–Crippen MR) is 78.2 cm³/mol. The van der Waals surface area contributed by atoms with Gasteiger partial charge in [0.2, 0.25) is 0 Å². The molecule has 2 aromatic rings. The first-order chi connectivity index (χ1) is 9.24. The Balaban J connectivity index is 1.81. The lowest BCUT2D eigenvalue weighted by molar-refractivity contribution is 0.108. The Kier molecular flexibility index (Phi) is 3.25. The zero-order chi connectivity index (χ0) is 13.2. The van der Waals surface area contributed by atoms with E-state index in [2.05, 4.69) is 17.2 Å². The van der Waals surface area contributed by atoms with E-state index in [4.69, 9.17) is 10.5 Å². The predicted octanol–water partition coefficient (Wildman–Crippen LogP) is 2.65. The minimum absolute atomic E-state index is 0.344. The molecule has 0 aliphatic carbocycles. The molecule has 3 N–H and O–H groups in total. The number of anilines is 2. The molecule has 4 nitrogen and oxygen atoms in total. The molecule has 1 saturated heterocycles. The fourth-order valence-electron chi connectivity index (χ4n) is 2.60. The van der Waals surface area contributed by atoms with Gasteiger partial charge in [0.25, 0.3) is 0 Å². The Morgan fingerprint density at radius 1 is 1.42 bits per heavy atom. The van der Waals surface area contributed by atoms with Crippen LogP contribution in [0.2, 0.25) is 0 Å². The molecule has 19 heavy (non-hydrogen) atoms. The Morgan fingerprint density at radius 2 is 2.32 bits per heavy atom. The Hall–Kier alpha value is -1.81. The second kappa shape index (κ2) is 5.05. The van der Waals surface area contributed by atoms with Crippen LogP contribution in [0.3, 0.4) is 0 Å². The summed E-state index contributed by atoms with van der Waals surface area (Å²) >= 11 is 0. The average molecular weight is 257 g/mol. The number of hydrogen-bond acceptors (Lipinski definition) is 4. The highest BCUT2D eigenvalue weighted by Crippen LogP contribution is 2.25. The number of pyridine rings is 1. The van der Waals surface area contributed by atoms with Crippen LogP contribution in [-0.4, -0.2) is 24.2 Å². The van der Waals surface area contributed by atoms with Gasteiger partial charge in [-0.2, -0.15) is 0 Å². The SMILES string of the molecule is CC1OCCC1CNc1ccnc2cc(N)ccc12. The zero-order valence-corrected chi connectivity index (χ0v) is 11.1. The van der Waals surface area contributed by atoms with Crippen molar-refractivity contribution in [3.63, 3.8) is 0 Å². The van der Waals surface area contributed by atoms with E-state index >= 15 is 0 Å². The van der Waals surface area contributed by atoms with Crippen LogP contribution in [0.1, 0.15) is 13.3 Å². The van der Waals surface area contributed by atoms with Gasteiger partial charge in [-0.25, -0.2) is 0 Å². The minimum atomic E-state index is 0.344. The molecule has 1 aliphatic rings. The van der Waals surface area contributed by atoms with Crippen molar-refractivity contribution in [3.05, 3.63) is 30.5 Å². The van der Waals surface area contributed by atoms with Gasteiger partial charge in [0.05, 0.1) is 11.6 Å². The maximum atomic E-state index is 5.79. The summed E-state index contributed by atoms with van der Waals surface area (Å²) < 4.78 is 5.59. The standard InChI is InChI=1S/C15H19N3O/c1-10-11(5-7-19-10)9-18-14-4-6-17-15-8-12(16)2-3-13(14)15/h2-4,6,8,10-11H,5,7,9,16H2,1H3,(H,17,18). The van der Waals surface area contributed by atoms with E-state index in [1.54, 1.807) is 0 Å². The molecule has 1 aliphatic heterocycles. The summed E-state index contributed by atoms with van der Waals surface area (Å²) in [5.74, 6) is 0.581. The van der Waals surface area contributed by atoms with Gasteiger partial charge in [0, 0.05) is 42.0 Å². The lowest BCUT2D eigenvalue weighted by Crippen LogP contribution is -2.20. The first kappa shape index (κ1) is 12.2. The zero-order valence-electron chi connectivity index (χ0n) is 11.1. The third kappa shape index (κ3) is 2.49. The number of ether oxygens (including phenoxy) is 1. The van der Waals surface area contributed by atoms with Gasteiger partial charge in [0.15, 0.2) is 0 Å². The van der Waals surface area contributed by atoms with E-state index in [0.717, 1.165) is 41.9 Å². The highest BCUT2D eigenvalue weighted by Gasteiger charge is 2.23. The number of benzene rings is 1. The molecule has 3 rings (SSSR count). The maximum absolute atomic E-state index is 5.79. The van der Waals surface area contributed by atoms with E-state index < -0.39 is 0 Å². The van der Waals surface area contributed by atoms with Crippen LogP contribution in [-0.2, 0) is 4.74 Å². The highest BCUT2D eigenvalue weighted by atomic mass is 16.5. The number of nitrogens with one attached hydrogen (secondary N) is 1. The number of rotatable bonds is 3. The first-order valence-corrected chi connectivity index (χ1v) is 6.74. The summed E-state index contributed by atoms with van der Waals surface area (Å²) in [6.45, 7) is 3.95. The van der Waals surface area contributed by atoms with Crippen molar-refractivity contribution in [1.29, 1.82) is 0 Å². The minimum Gasteiger partial charge on any atom is -0.399 e. The monoisotopic (exact) mass is 257 g/mol. The number of fused-ring (bicyclic) bond motifs is 1. The van der Waals surface area contributed by atoms with Gasteiger partial charge in [-0.15, -0.1) is 0 Å². The van der Waals surface area contributed by atoms with Crippen molar-refractivity contribution in [2.45, 2.75) is 19.4 Å². The summed E-state index contributed by atoms with van der Waals surface area (Å²) in [6.07, 6.45) is 3.29. The lowest BCUT2D eigenvalue weighted by Gasteiger charge is -2.16. The molecular weight excluding hydrogens is 238 g/mol. The van der Waals surface area contributed by atoms with E-state index in [9.17, 15) is 0 Å². The van der Waals surface area contributed by atoms with Crippen molar-refractivity contribution >= 4 is 22.3 Å². The average Bonchev–Trinajstić information content (AvgIpc) is 2.81.